The van der Waals surface area contributed by atoms with Gasteiger partial charge in [-0.2, -0.15) is 0 Å². The van der Waals surface area contributed by atoms with Crippen LogP contribution >= 0.6 is 0 Å². The van der Waals surface area contributed by atoms with Gasteiger partial charge in [0.2, 0.25) is 0 Å². The summed E-state index contributed by atoms with van der Waals surface area (Å²) in [6.45, 7) is 0.559. The Balaban J connectivity index is 1.33. The zero-order valence-electron chi connectivity index (χ0n) is 16.7. The minimum Gasteiger partial charge on any atom is -0.316 e. The van der Waals surface area contributed by atoms with Crippen LogP contribution in [0, 0.1) is 23.6 Å². The molecule has 1 N–H and O–H groups in total. The molecular weight excluding hydrogens is 373 g/mol. The number of quaternary nitrogens is 1. The van der Waals surface area contributed by atoms with E-state index in [1.807, 2.05) is 13.1 Å². The number of carbonyl (C=O) groups is 3. The first-order valence-electron chi connectivity index (χ1n) is 10.6. The third-order valence-electron chi connectivity index (χ3n) is 7.36. The summed E-state index contributed by atoms with van der Waals surface area (Å²) in [6, 6.07) is 5.83. The maximum atomic E-state index is 13.4. The van der Waals surface area contributed by atoms with Crippen molar-refractivity contribution >= 4 is 17.8 Å². The molecule has 1 aromatic carbocycles. The summed E-state index contributed by atoms with van der Waals surface area (Å²) in [5.74, 6) is 0.0403. The Kier molecular flexibility index (Phi) is 4.28. The predicted molar refractivity (Wildman–Crippen MR) is 102 cm³/mol. The van der Waals surface area contributed by atoms with Gasteiger partial charge in [-0.3, -0.25) is 9.59 Å². The van der Waals surface area contributed by atoms with Crippen LogP contribution in [-0.2, 0) is 16.1 Å². The van der Waals surface area contributed by atoms with E-state index < -0.39 is 23.4 Å². The first-order chi connectivity index (χ1) is 13.8. The number of carbonyl (C=O) groups excluding carboxylic acids is 3. The number of nitrogens with one attached hydrogen (secondary N) is 1. The molecule has 5 aliphatic rings. The monoisotopic (exact) mass is 400 g/mol. The molecule has 4 amide bonds. The van der Waals surface area contributed by atoms with Gasteiger partial charge in [0, 0.05) is 5.56 Å². The highest BCUT2D eigenvalue weighted by Gasteiger charge is 2.61. The first kappa shape index (κ1) is 18.7. The molecule has 0 spiro atoms. The predicted octanol–water partition coefficient (Wildman–Crippen LogP) is 1.56. The number of benzene rings is 1. The van der Waals surface area contributed by atoms with Crippen molar-refractivity contribution in [3.05, 3.63) is 35.6 Å². The molecule has 1 aromatic rings. The highest BCUT2D eigenvalue weighted by atomic mass is 19.1. The van der Waals surface area contributed by atoms with Crippen LogP contribution in [0.25, 0.3) is 0 Å². The van der Waals surface area contributed by atoms with E-state index in [0.29, 0.717) is 24.3 Å². The molecule has 4 saturated carbocycles. The van der Waals surface area contributed by atoms with Gasteiger partial charge in [0.1, 0.15) is 12.4 Å². The number of rotatable bonds is 5. The summed E-state index contributed by atoms with van der Waals surface area (Å²) in [5.41, 5.74) is 0.329. The molecule has 6 rings (SSSR count). The summed E-state index contributed by atoms with van der Waals surface area (Å²) in [4.78, 5) is 42.1. The zero-order chi connectivity index (χ0) is 20.3. The van der Waals surface area contributed by atoms with E-state index >= 15 is 0 Å². The summed E-state index contributed by atoms with van der Waals surface area (Å²) in [7, 11) is 1.84. The molecule has 1 atom stereocenters. The molecule has 6 nitrogen and oxygen atoms in total. The van der Waals surface area contributed by atoms with Crippen LogP contribution in [0.5, 0.6) is 0 Å². The van der Waals surface area contributed by atoms with Crippen molar-refractivity contribution in [1.82, 2.24) is 9.80 Å². The lowest BCUT2D eigenvalue weighted by molar-refractivity contribution is -0.901. The van der Waals surface area contributed by atoms with Gasteiger partial charge in [-0.05, 0) is 68.4 Å². The molecule has 4 aliphatic carbocycles. The van der Waals surface area contributed by atoms with Gasteiger partial charge in [-0.1, -0.05) is 12.1 Å². The van der Waals surface area contributed by atoms with Crippen molar-refractivity contribution in [3.63, 3.8) is 0 Å². The number of nitrogens with zero attached hydrogens (tertiary/aromatic N) is 2. The number of amides is 4. The standard InChI is InChI=1S/C22H26FN3O3/c1-24(12-14-3-2-4-18(23)8-14)13-25-19(27)20(28)26(21(25)29)22-9-15-5-16(10-22)7-17(6-15)11-22/h2-4,8,15-17H,5-7,9-13H2,1H3/p+1. The van der Waals surface area contributed by atoms with Gasteiger partial charge >= 0.3 is 17.8 Å². The smallest absolute Gasteiger partial charge is 0.316 e. The average Bonchev–Trinajstić information content (AvgIpc) is 2.84. The lowest BCUT2D eigenvalue weighted by Crippen LogP contribution is -3.09. The Morgan fingerprint density at radius 2 is 1.66 bits per heavy atom. The third-order valence-corrected chi connectivity index (χ3v) is 7.36. The summed E-state index contributed by atoms with van der Waals surface area (Å²) < 4.78 is 13.4. The fraction of sp³-hybridized carbons (Fsp3) is 0.591. The van der Waals surface area contributed by atoms with E-state index in [2.05, 4.69) is 0 Å². The van der Waals surface area contributed by atoms with Gasteiger partial charge in [-0.25, -0.2) is 19.0 Å². The van der Waals surface area contributed by atoms with Crippen molar-refractivity contribution in [2.24, 2.45) is 17.8 Å². The summed E-state index contributed by atoms with van der Waals surface area (Å²) in [5, 5.41) is 0. The molecule has 1 aliphatic heterocycles. The van der Waals surface area contributed by atoms with Gasteiger partial charge in [0.05, 0.1) is 12.6 Å². The van der Waals surface area contributed by atoms with Crippen LogP contribution in [0.4, 0.5) is 9.18 Å². The second-order valence-electron chi connectivity index (χ2n) is 9.72. The van der Waals surface area contributed by atoms with Crippen LogP contribution in [0.1, 0.15) is 44.1 Å². The van der Waals surface area contributed by atoms with Crippen LogP contribution in [0.15, 0.2) is 24.3 Å². The fourth-order valence-electron chi connectivity index (χ4n) is 6.72. The minimum atomic E-state index is -0.718. The molecular formula is C22H27FN3O3+. The van der Waals surface area contributed by atoms with Crippen LogP contribution < -0.4 is 4.90 Å². The molecule has 29 heavy (non-hydrogen) atoms. The topological polar surface area (TPSA) is 62.1 Å². The van der Waals surface area contributed by atoms with E-state index in [1.165, 1.54) is 36.3 Å². The zero-order valence-corrected chi connectivity index (χ0v) is 16.7. The highest BCUT2D eigenvalue weighted by Crippen LogP contribution is 2.58. The molecule has 1 heterocycles. The Morgan fingerprint density at radius 3 is 2.24 bits per heavy atom. The average molecular weight is 400 g/mol. The molecule has 1 unspecified atom stereocenters. The second-order valence-corrected chi connectivity index (χ2v) is 9.72. The van der Waals surface area contributed by atoms with E-state index in [1.54, 1.807) is 6.07 Å². The number of urea groups is 1. The maximum absolute atomic E-state index is 13.4. The van der Waals surface area contributed by atoms with Crippen molar-refractivity contribution in [2.75, 3.05) is 13.7 Å². The third kappa shape index (κ3) is 3.06. The minimum absolute atomic E-state index is 0.1000. The van der Waals surface area contributed by atoms with E-state index in [9.17, 15) is 18.8 Å². The molecule has 154 valence electrons. The Labute approximate surface area is 169 Å². The first-order valence-corrected chi connectivity index (χ1v) is 10.6. The summed E-state index contributed by atoms with van der Waals surface area (Å²) in [6.07, 6.45) is 6.16. The van der Waals surface area contributed by atoms with Crippen LogP contribution in [0.3, 0.4) is 0 Å². The van der Waals surface area contributed by atoms with Gasteiger partial charge < -0.3 is 4.90 Å². The molecule has 7 heteroatoms. The second kappa shape index (κ2) is 6.62. The van der Waals surface area contributed by atoms with Gasteiger partial charge in [0.25, 0.3) is 0 Å². The van der Waals surface area contributed by atoms with Gasteiger partial charge in [-0.15, -0.1) is 0 Å². The Bertz CT molecular complexity index is 851. The normalized spacial score (nSPS) is 34.4. The summed E-state index contributed by atoms with van der Waals surface area (Å²) >= 11 is 0. The maximum Gasteiger partial charge on any atom is 0.339 e. The van der Waals surface area contributed by atoms with Crippen LogP contribution in [0.2, 0.25) is 0 Å². The number of imide groups is 2. The Morgan fingerprint density at radius 1 is 1.03 bits per heavy atom. The number of halogens is 1. The van der Waals surface area contributed by atoms with Gasteiger partial charge in [0.15, 0.2) is 6.67 Å². The molecule has 4 bridgehead atoms. The SMILES string of the molecule is C[NH+](Cc1cccc(F)c1)CN1C(=O)C(=O)N(C23CC4CC(CC(C4)C2)C3)C1=O. The van der Waals surface area contributed by atoms with E-state index in [0.717, 1.165) is 34.6 Å². The molecule has 0 aromatic heterocycles. The lowest BCUT2D eigenvalue weighted by atomic mass is 9.52. The fourth-order valence-corrected chi connectivity index (χ4v) is 6.72. The van der Waals surface area contributed by atoms with Crippen molar-refractivity contribution in [1.29, 1.82) is 0 Å². The highest BCUT2D eigenvalue weighted by molar-refractivity contribution is 6.44. The molecule has 5 fully saturated rings. The van der Waals surface area contributed by atoms with E-state index in [4.69, 9.17) is 0 Å². The number of hydrogen-bond acceptors (Lipinski definition) is 3. The quantitative estimate of drug-likeness (QED) is 0.603. The lowest BCUT2D eigenvalue weighted by Gasteiger charge is -2.58. The van der Waals surface area contributed by atoms with Crippen molar-refractivity contribution < 1.29 is 23.7 Å². The van der Waals surface area contributed by atoms with Crippen LogP contribution in [-0.4, -0.2) is 46.9 Å². The molecule has 1 saturated heterocycles. The largest absolute Gasteiger partial charge is 0.339 e. The Hall–Kier alpha value is -2.28. The van der Waals surface area contributed by atoms with Crippen molar-refractivity contribution in [2.45, 2.75) is 50.6 Å². The molecule has 0 radical (unpaired) electrons. The van der Waals surface area contributed by atoms with E-state index in [-0.39, 0.29) is 12.5 Å². The van der Waals surface area contributed by atoms with Crippen molar-refractivity contribution in [3.8, 4) is 0 Å². The number of hydrogen-bond donors (Lipinski definition) is 1.